The van der Waals surface area contributed by atoms with Crippen LogP contribution in [0.3, 0.4) is 0 Å². The number of phosphoric ester groups is 2. The number of aliphatic hydroxyl groups excluding tert-OH is 1. The molecule has 0 heterocycles. The molecule has 2 unspecified atom stereocenters. The van der Waals surface area contributed by atoms with Gasteiger partial charge in [-0.2, -0.15) is 0 Å². The molecule has 0 rings (SSSR count). The van der Waals surface area contributed by atoms with E-state index < -0.39 is 97.5 Å². The minimum Gasteiger partial charge on any atom is -0.462 e. The number of carbonyl (C=O) groups is 4. The summed E-state index contributed by atoms with van der Waals surface area (Å²) in [5.41, 5.74) is 0. The van der Waals surface area contributed by atoms with Gasteiger partial charge in [0.25, 0.3) is 0 Å². The summed E-state index contributed by atoms with van der Waals surface area (Å²) < 4.78 is 68.6. The van der Waals surface area contributed by atoms with Crippen LogP contribution in [-0.4, -0.2) is 96.7 Å². The number of carbonyl (C=O) groups excluding carboxylic acids is 4. The van der Waals surface area contributed by atoms with E-state index in [-0.39, 0.29) is 25.7 Å². The first-order valence-electron chi connectivity index (χ1n) is 40.9. The number of hydrogen-bond donors (Lipinski definition) is 3. The van der Waals surface area contributed by atoms with E-state index in [2.05, 4.69) is 64.2 Å². The van der Waals surface area contributed by atoms with Crippen LogP contribution in [0.1, 0.15) is 387 Å². The van der Waals surface area contributed by atoms with Crippen molar-refractivity contribution in [1.82, 2.24) is 0 Å². The number of unbranched alkanes of at least 4 members (excludes halogenated alkanes) is 44. The third-order valence-corrected chi connectivity index (χ3v) is 19.7. The Morgan fingerprint density at radius 3 is 0.790 bits per heavy atom. The molecule has 0 fully saturated rings. The highest BCUT2D eigenvalue weighted by Gasteiger charge is 2.30. The lowest BCUT2D eigenvalue weighted by molar-refractivity contribution is -0.161. The first-order chi connectivity index (χ1) is 48.7. The van der Waals surface area contributed by atoms with Gasteiger partial charge in [-0.15, -0.1) is 0 Å². The van der Waals surface area contributed by atoms with E-state index in [1.54, 1.807) is 0 Å². The molecule has 0 aliphatic rings. The van der Waals surface area contributed by atoms with Gasteiger partial charge < -0.3 is 33.8 Å². The van der Waals surface area contributed by atoms with Crippen LogP contribution in [0.2, 0.25) is 0 Å². The summed E-state index contributed by atoms with van der Waals surface area (Å²) in [4.78, 5) is 73.0. The number of rotatable bonds is 78. The molecule has 0 aromatic rings. The highest BCUT2D eigenvalue weighted by Crippen LogP contribution is 2.45. The fourth-order valence-corrected chi connectivity index (χ4v) is 13.1. The Morgan fingerprint density at radius 2 is 0.500 bits per heavy atom. The van der Waals surface area contributed by atoms with Crippen molar-refractivity contribution in [3.8, 4) is 0 Å². The fraction of sp³-hybridized carbons (Fsp3) is 0.852. The van der Waals surface area contributed by atoms with Crippen molar-refractivity contribution in [2.24, 2.45) is 0 Å². The molecule has 0 amide bonds. The molecule has 100 heavy (non-hydrogen) atoms. The van der Waals surface area contributed by atoms with Crippen molar-refractivity contribution in [3.63, 3.8) is 0 Å². The Bertz CT molecular complexity index is 2080. The van der Waals surface area contributed by atoms with Crippen molar-refractivity contribution in [3.05, 3.63) is 48.6 Å². The molecule has 0 aliphatic carbocycles. The average molecular weight is 1460 g/mol. The van der Waals surface area contributed by atoms with Crippen LogP contribution in [0, 0.1) is 0 Å². The molecule has 0 saturated carbocycles. The van der Waals surface area contributed by atoms with Gasteiger partial charge in [-0.3, -0.25) is 37.3 Å². The molecule has 0 aromatic carbocycles. The van der Waals surface area contributed by atoms with Gasteiger partial charge in [-0.25, -0.2) is 9.13 Å². The molecular formula is C81H150O17P2. The smallest absolute Gasteiger partial charge is 0.462 e. The molecule has 0 aromatic heterocycles. The lowest BCUT2D eigenvalue weighted by atomic mass is 10.0. The van der Waals surface area contributed by atoms with Crippen molar-refractivity contribution < 1.29 is 80.2 Å². The van der Waals surface area contributed by atoms with Gasteiger partial charge in [0.1, 0.15) is 19.3 Å². The highest BCUT2D eigenvalue weighted by atomic mass is 31.2. The van der Waals surface area contributed by atoms with E-state index in [4.69, 9.17) is 37.0 Å². The lowest BCUT2D eigenvalue weighted by Gasteiger charge is -2.21. The predicted octanol–water partition coefficient (Wildman–Crippen LogP) is 23.7. The summed E-state index contributed by atoms with van der Waals surface area (Å²) in [6.45, 7) is 4.89. The molecule has 0 aliphatic heterocycles. The maximum Gasteiger partial charge on any atom is 0.472 e. The third-order valence-electron chi connectivity index (χ3n) is 17.8. The summed E-state index contributed by atoms with van der Waals surface area (Å²) in [5.74, 6) is -2.19. The van der Waals surface area contributed by atoms with Crippen LogP contribution < -0.4 is 0 Å². The van der Waals surface area contributed by atoms with E-state index >= 15 is 0 Å². The molecule has 586 valence electrons. The van der Waals surface area contributed by atoms with Gasteiger partial charge in [-0.05, 0) is 64.2 Å². The van der Waals surface area contributed by atoms with Gasteiger partial charge >= 0.3 is 39.5 Å². The van der Waals surface area contributed by atoms with Crippen LogP contribution in [-0.2, 0) is 65.4 Å². The molecule has 17 nitrogen and oxygen atoms in total. The quantitative estimate of drug-likeness (QED) is 0.0169. The zero-order valence-electron chi connectivity index (χ0n) is 64.1. The number of hydrogen-bond acceptors (Lipinski definition) is 15. The summed E-state index contributed by atoms with van der Waals surface area (Å²) in [6.07, 6.45) is 72.3. The molecule has 3 N–H and O–H groups in total. The van der Waals surface area contributed by atoms with E-state index in [1.165, 1.54) is 212 Å². The van der Waals surface area contributed by atoms with Crippen LogP contribution in [0.5, 0.6) is 0 Å². The second kappa shape index (κ2) is 74.3. The minimum atomic E-state index is -4.98. The Kier molecular flexibility index (Phi) is 72.1. The number of ether oxygens (including phenoxy) is 4. The standard InChI is InChI=1S/C81H150O17P2/c1-5-9-13-17-21-25-29-33-36-37-40-44-48-52-56-60-64-68-81(86)98-76(71-91-78(83)65-61-57-53-49-45-41-32-28-24-20-16-12-8-4)73-95-99(87,88)93-69-75(82)70-94-100(89,90)96-74-77(97-80(85)67-63-59-55-51-47-43-39-35-31-27-23-19-15-11-7-3)72-92-79(84)66-62-58-54-50-46-42-38-34-30-26-22-18-14-10-6-2/h21,25,33,36,40,44,52,56,75-77,82H,5-20,22-24,26-32,34-35,37-39,41-43,45-51,53-55,57-74H2,1-4H3,(H,87,88)(H,89,90)/b25-21-,36-33-,44-40-,56-52-/t75-,76-,77-/m1/s1. The van der Waals surface area contributed by atoms with Crippen molar-refractivity contribution in [1.29, 1.82) is 0 Å². The molecule has 0 radical (unpaired) electrons. The van der Waals surface area contributed by atoms with Gasteiger partial charge in [-0.1, -0.05) is 346 Å². The monoisotopic (exact) mass is 1460 g/mol. The Labute approximate surface area is 610 Å². The average Bonchev–Trinajstić information content (AvgIpc) is 1.13. The topological polar surface area (TPSA) is 237 Å². The summed E-state index contributed by atoms with van der Waals surface area (Å²) in [7, 11) is -9.95. The second-order valence-electron chi connectivity index (χ2n) is 27.7. The van der Waals surface area contributed by atoms with Crippen molar-refractivity contribution in [2.45, 2.75) is 406 Å². The van der Waals surface area contributed by atoms with E-state index in [0.29, 0.717) is 32.1 Å². The van der Waals surface area contributed by atoms with Crippen LogP contribution >= 0.6 is 15.6 Å². The first kappa shape index (κ1) is 97.0. The van der Waals surface area contributed by atoms with Crippen LogP contribution in [0.25, 0.3) is 0 Å². The minimum absolute atomic E-state index is 0.0256. The maximum atomic E-state index is 13.1. The largest absolute Gasteiger partial charge is 0.472 e. The molecular weight excluding hydrogens is 1310 g/mol. The number of aliphatic hydroxyl groups is 1. The molecule has 5 atom stereocenters. The van der Waals surface area contributed by atoms with Crippen molar-refractivity contribution >= 4 is 39.5 Å². The Hall–Kier alpha value is -2.98. The predicted molar refractivity (Wildman–Crippen MR) is 409 cm³/mol. The van der Waals surface area contributed by atoms with Gasteiger partial charge in [0.05, 0.1) is 26.4 Å². The number of allylic oxidation sites excluding steroid dienone is 8. The SMILES string of the molecule is CCCCC/C=C\C/C=C\C/C=C\C/C=C\CCCC(=O)O[C@H](COC(=O)CCCCCCCCCCCCCCC)COP(=O)(O)OC[C@@H](O)COP(=O)(O)OC[C@@H](COC(=O)CCCCCCCCCCCCCCCCC)OC(=O)CCCCCCCCCCCCCCCCC. The Morgan fingerprint density at radius 1 is 0.280 bits per heavy atom. The normalized spacial score (nSPS) is 14.1. The summed E-state index contributed by atoms with van der Waals surface area (Å²) in [6, 6.07) is 0. The van der Waals surface area contributed by atoms with Gasteiger partial charge in [0.15, 0.2) is 12.2 Å². The van der Waals surface area contributed by atoms with E-state index in [1.807, 2.05) is 12.2 Å². The van der Waals surface area contributed by atoms with Crippen LogP contribution in [0.4, 0.5) is 0 Å². The first-order valence-corrected chi connectivity index (χ1v) is 43.9. The van der Waals surface area contributed by atoms with Crippen molar-refractivity contribution in [2.75, 3.05) is 39.6 Å². The van der Waals surface area contributed by atoms with Gasteiger partial charge in [0.2, 0.25) is 0 Å². The zero-order chi connectivity index (χ0) is 73.2. The lowest BCUT2D eigenvalue weighted by Crippen LogP contribution is -2.30. The highest BCUT2D eigenvalue weighted by molar-refractivity contribution is 7.47. The van der Waals surface area contributed by atoms with Crippen LogP contribution in [0.15, 0.2) is 48.6 Å². The third kappa shape index (κ3) is 73.3. The number of esters is 4. The fourth-order valence-electron chi connectivity index (χ4n) is 11.6. The van der Waals surface area contributed by atoms with E-state index in [9.17, 15) is 43.2 Å². The molecule has 0 spiro atoms. The zero-order valence-corrected chi connectivity index (χ0v) is 65.9. The summed E-state index contributed by atoms with van der Waals surface area (Å²) in [5, 5.41) is 10.6. The molecule has 19 heteroatoms. The molecule has 0 saturated heterocycles. The van der Waals surface area contributed by atoms with Gasteiger partial charge in [0, 0.05) is 25.7 Å². The van der Waals surface area contributed by atoms with E-state index in [0.717, 1.165) is 89.9 Å². The maximum absolute atomic E-state index is 13.1. The second-order valence-corrected chi connectivity index (χ2v) is 30.6. The Balaban J connectivity index is 5.35. The molecule has 0 bridgehead atoms. The summed E-state index contributed by atoms with van der Waals surface area (Å²) >= 11 is 0. The number of phosphoric acid groups is 2.